The number of aldehydes is 1. The standard InChI is InChI=1S/C33H29NO4S/c1-36-26-13-7-22(8-14-26)19-34(39)31-18-32-29(17-28(31)24-9-10-24)30(20-35)33(38-32)25-11-15-27(16-12-25)37-21-23-5-3-2-4-6-23/h2-8,11-18,20,24,39H,9-10,19,21H2,1H3. The number of hydrogen-bond donors (Lipinski definition) is 1. The number of benzene rings is 4. The number of rotatable bonds is 10. The van der Waals surface area contributed by atoms with Gasteiger partial charge in [-0.25, -0.2) is 0 Å². The molecule has 0 N–H and O–H groups in total. The lowest BCUT2D eigenvalue weighted by Crippen LogP contribution is -2.12. The predicted octanol–water partition coefficient (Wildman–Crippen LogP) is 8.23. The van der Waals surface area contributed by atoms with Crippen molar-refractivity contribution < 1.29 is 18.7 Å². The Morgan fingerprint density at radius 3 is 2.31 bits per heavy atom. The third-order valence-electron chi connectivity index (χ3n) is 7.15. The van der Waals surface area contributed by atoms with Crippen LogP contribution < -0.4 is 13.8 Å². The minimum atomic E-state index is 0.466. The first-order chi connectivity index (χ1) is 19.1. The van der Waals surface area contributed by atoms with Gasteiger partial charge in [-0.2, -0.15) is 0 Å². The van der Waals surface area contributed by atoms with Gasteiger partial charge in [-0.15, -0.1) is 0 Å². The van der Waals surface area contributed by atoms with Gasteiger partial charge in [-0.05, 0) is 77.9 Å². The number of furan rings is 1. The van der Waals surface area contributed by atoms with E-state index in [0.717, 1.165) is 58.4 Å². The Bertz CT molecular complexity index is 1590. The van der Waals surface area contributed by atoms with Gasteiger partial charge in [-0.1, -0.05) is 55.3 Å². The summed E-state index contributed by atoms with van der Waals surface area (Å²) in [5, 5.41) is 0.834. The molecule has 0 bridgehead atoms. The molecule has 4 aromatic carbocycles. The molecule has 0 aliphatic heterocycles. The van der Waals surface area contributed by atoms with Crippen LogP contribution in [0.25, 0.3) is 22.3 Å². The maximum Gasteiger partial charge on any atom is 0.154 e. The highest BCUT2D eigenvalue weighted by atomic mass is 32.1. The van der Waals surface area contributed by atoms with Crippen molar-refractivity contribution in [1.82, 2.24) is 0 Å². The van der Waals surface area contributed by atoms with E-state index in [9.17, 15) is 4.79 Å². The van der Waals surface area contributed by atoms with Crippen molar-refractivity contribution in [3.05, 3.63) is 113 Å². The normalized spacial score (nSPS) is 12.9. The SMILES string of the molecule is COc1ccc(CN(S)c2cc3oc(-c4ccc(OCc5ccccc5)cc4)c(C=O)c3cc2C2CC2)cc1. The summed E-state index contributed by atoms with van der Waals surface area (Å²) in [5.74, 6) is 2.61. The van der Waals surface area contributed by atoms with Crippen LogP contribution in [0.4, 0.5) is 5.69 Å². The Morgan fingerprint density at radius 2 is 1.64 bits per heavy atom. The fraction of sp³-hybridized carbons (Fsp3) is 0.182. The van der Waals surface area contributed by atoms with E-state index in [0.29, 0.717) is 36.0 Å². The number of nitrogens with zero attached hydrogens (tertiary/aromatic N) is 1. The molecule has 0 atom stereocenters. The summed E-state index contributed by atoms with van der Waals surface area (Å²) in [7, 11) is 1.66. The molecule has 0 amide bonds. The first-order valence-corrected chi connectivity index (χ1v) is 13.4. The Kier molecular flexibility index (Phi) is 7.03. The summed E-state index contributed by atoms with van der Waals surface area (Å²) in [6.07, 6.45) is 3.16. The summed E-state index contributed by atoms with van der Waals surface area (Å²) < 4.78 is 19.5. The van der Waals surface area contributed by atoms with Crippen molar-refractivity contribution in [3.8, 4) is 22.8 Å². The van der Waals surface area contributed by atoms with Gasteiger partial charge in [0.25, 0.3) is 0 Å². The predicted molar refractivity (Wildman–Crippen MR) is 158 cm³/mol. The average Bonchev–Trinajstić information content (AvgIpc) is 3.77. The molecule has 39 heavy (non-hydrogen) atoms. The second-order valence-corrected chi connectivity index (χ2v) is 10.3. The lowest BCUT2D eigenvalue weighted by molar-refractivity contribution is 0.112. The Hall–Kier alpha value is -4.16. The van der Waals surface area contributed by atoms with E-state index in [1.54, 1.807) is 7.11 Å². The molecule has 6 heteroatoms. The molecule has 1 aliphatic rings. The van der Waals surface area contributed by atoms with Gasteiger partial charge in [0.2, 0.25) is 0 Å². The van der Waals surface area contributed by atoms with Crippen LogP contribution in [0.15, 0.2) is 95.4 Å². The second kappa shape index (κ2) is 10.9. The fourth-order valence-corrected chi connectivity index (χ4v) is 5.21. The summed E-state index contributed by atoms with van der Waals surface area (Å²) in [6.45, 7) is 1.12. The largest absolute Gasteiger partial charge is 0.497 e. The van der Waals surface area contributed by atoms with E-state index in [1.165, 1.54) is 5.56 Å². The van der Waals surface area contributed by atoms with Gasteiger partial charge >= 0.3 is 0 Å². The molecule has 0 unspecified atom stereocenters. The van der Waals surface area contributed by atoms with Gasteiger partial charge in [-0.3, -0.25) is 4.79 Å². The molecule has 1 fully saturated rings. The van der Waals surface area contributed by atoms with Crippen LogP contribution in [0.1, 0.15) is 45.8 Å². The highest BCUT2D eigenvalue weighted by molar-refractivity contribution is 7.81. The maximum absolute atomic E-state index is 12.3. The summed E-state index contributed by atoms with van der Waals surface area (Å²) >= 11 is 4.86. The van der Waals surface area contributed by atoms with Crippen molar-refractivity contribution in [2.75, 3.05) is 11.4 Å². The Labute approximate surface area is 233 Å². The zero-order valence-corrected chi connectivity index (χ0v) is 22.6. The van der Waals surface area contributed by atoms with Gasteiger partial charge < -0.3 is 18.2 Å². The molecule has 1 saturated carbocycles. The molecule has 5 aromatic rings. The van der Waals surface area contributed by atoms with Crippen LogP contribution in [0.5, 0.6) is 11.5 Å². The summed E-state index contributed by atoms with van der Waals surface area (Å²) in [6, 6.07) is 29.9. The van der Waals surface area contributed by atoms with E-state index in [4.69, 9.17) is 26.7 Å². The van der Waals surface area contributed by atoms with Crippen LogP contribution in [-0.4, -0.2) is 13.4 Å². The van der Waals surface area contributed by atoms with Gasteiger partial charge in [0, 0.05) is 17.0 Å². The van der Waals surface area contributed by atoms with Crippen LogP contribution >= 0.6 is 12.8 Å². The fourth-order valence-electron chi connectivity index (χ4n) is 4.88. The number of carbonyl (C=O) groups excluding carboxylic acids is 1. The minimum absolute atomic E-state index is 0.466. The monoisotopic (exact) mass is 535 g/mol. The van der Waals surface area contributed by atoms with Crippen molar-refractivity contribution in [2.45, 2.75) is 31.9 Å². The third kappa shape index (κ3) is 5.38. The quantitative estimate of drug-likeness (QED) is 0.144. The van der Waals surface area contributed by atoms with Crippen LogP contribution in [0, 0.1) is 0 Å². The van der Waals surface area contributed by atoms with E-state index in [-0.39, 0.29) is 0 Å². The maximum atomic E-state index is 12.3. The third-order valence-corrected chi connectivity index (χ3v) is 7.50. The highest BCUT2D eigenvalue weighted by Crippen LogP contribution is 2.48. The lowest BCUT2D eigenvalue weighted by Gasteiger charge is -2.21. The number of thiol groups is 1. The highest BCUT2D eigenvalue weighted by Gasteiger charge is 2.29. The Morgan fingerprint density at radius 1 is 0.923 bits per heavy atom. The number of fused-ring (bicyclic) bond motifs is 1. The van der Waals surface area contributed by atoms with Gasteiger partial charge in [0.05, 0.1) is 24.9 Å². The number of hydrogen-bond acceptors (Lipinski definition) is 6. The van der Waals surface area contributed by atoms with Crippen LogP contribution in [0.3, 0.4) is 0 Å². The topological polar surface area (TPSA) is 51.9 Å². The molecule has 196 valence electrons. The summed E-state index contributed by atoms with van der Waals surface area (Å²) in [4.78, 5) is 12.3. The molecule has 0 spiro atoms. The number of methoxy groups -OCH3 is 1. The first-order valence-electron chi connectivity index (χ1n) is 13.0. The van der Waals surface area contributed by atoms with Gasteiger partial charge in [0.1, 0.15) is 29.4 Å². The second-order valence-electron chi connectivity index (χ2n) is 9.85. The molecule has 0 radical (unpaired) electrons. The number of ether oxygens (including phenoxy) is 2. The molecular formula is C33H29NO4S. The Balaban J connectivity index is 1.29. The first kappa shape index (κ1) is 25.1. The molecular weight excluding hydrogens is 506 g/mol. The van der Waals surface area contributed by atoms with Crippen molar-refractivity contribution in [2.24, 2.45) is 0 Å². The van der Waals surface area contributed by atoms with Gasteiger partial charge in [0.15, 0.2) is 6.29 Å². The lowest BCUT2D eigenvalue weighted by atomic mass is 10.0. The van der Waals surface area contributed by atoms with Crippen molar-refractivity contribution in [1.29, 1.82) is 0 Å². The molecule has 1 aliphatic carbocycles. The van der Waals surface area contributed by atoms with E-state index in [1.807, 2.05) is 89.2 Å². The zero-order valence-electron chi connectivity index (χ0n) is 21.7. The molecule has 5 nitrogen and oxygen atoms in total. The number of carbonyl (C=O) groups is 1. The van der Waals surface area contributed by atoms with E-state index in [2.05, 4.69) is 6.07 Å². The smallest absolute Gasteiger partial charge is 0.154 e. The van der Waals surface area contributed by atoms with Crippen molar-refractivity contribution >= 4 is 35.8 Å². The summed E-state index contributed by atoms with van der Waals surface area (Å²) in [5.41, 5.74) is 6.50. The van der Waals surface area contributed by atoms with Crippen LogP contribution in [0.2, 0.25) is 0 Å². The minimum Gasteiger partial charge on any atom is -0.497 e. The molecule has 0 saturated heterocycles. The average molecular weight is 536 g/mol. The van der Waals surface area contributed by atoms with E-state index >= 15 is 0 Å². The number of anilines is 1. The molecule has 6 rings (SSSR count). The van der Waals surface area contributed by atoms with Crippen molar-refractivity contribution in [3.63, 3.8) is 0 Å². The molecule has 1 aromatic heterocycles. The zero-order chi connectivity index (χ0) is 26.8. The van der Waals surface area contributed by atoms with E-state index < -0.39 is 0 Å². The van der Waals surface area contributed by atoms with Crippen LogP contribution in [-0.2, 0) is 13.2 Å². The molecule has 1 heterocycles.